The van der Waals surface area contributed by atoms with Gasteiger partial charge in [-0.05, 0) is 49.1 Å². The number of halogens is 1. The van der Waals surface area contributed by atoms with Crippen molar-refractivity contribution in [3.63, 3.8) is 0 Å². The molecule has 5 nitrogen and oxygen atoms in total. The molecule has 0 spiro atoms. The van der Waals surface area contributed by atoms with Crippen LogP contribution >= 0.6 is 0 Å². The monoisotopic (exact) mass is 406 g/mol. The molecule has 1 unspecified atom stereocenters. The maximum absolute atomic E-state index is 13.3. The zero-order valence-corrected chi connectivity index (χ0v) is 17.2. The summed E-state index contributed by atoms with van der Waals surface area (Å²) in [5.74, 6) is -0.964. The van der Waals surface area contributed by atoms with Crippen molar-refractivity contribution in [2.75, 3.05) is 0 Å². The van der Waals surface area contributed by atoms with Crippen molar-refractivity contribution in [2.24, 2.45) is 5.92 Å². The lowest BCUT2D eigenvalue weighted by Gasteiger charge is -2.15. The molecule has 2 aromatic rings. The minimum Gasteiger partial charge on any atom is -0.352 e. The van der Waals surface area contributed by atoms with E-state index in [1.807, 2.05) is 6.07 Å². The molecule has 28 heavy (non-hydrogen) atoms. The van der Waals surface area contributed by atoms with Crippen LogP contribution in [0.25, 0.3) is 0 Å². The molecule has 0 bridgehead atoms. The summed E-state index contributed by atoms with van der Waals surface area (Å²) >= 11 is 0. The first-order valence-corrected chi connectivity index (χ1v) is 10.9. The van der Waals surface area contributed by atoms with E-state index in [9.17, 15) is 17.6 Å². The van der Waals surface area contributed by atoms with E-state index in [0.717, 1.165) is 11.1 Å². The van der Waals surface area contributed by atoms with E-state index in [1.54, 1.807) is 51.1 Å². The Morgan fingerprint density at radius 3 is 2.36 bits per heavy atom. The molecule has 2 aromatic carbocycles. The summed E-state index contributed by atoms with van der Waals surface area (Å²) < 4.78 is 40.3. The predicted molar refractivity (Wildman–Crippen MR) is 108 cm³/mol. The Labute approximate surface area is 166 Å². The second kappa shape index (κ2) is 9.80. The highest BCUT2D eigenvalue weighted by atomic mass is 32.2. The molecule has 0 fully saturated rings. The number of hydrogen-bond acceptors (Lipinski definition) is 3. The van der Waals surface area contributed by atoms with E-state index in [4.69, 9.17) is 0 Å². The minimum atomic E-state index is -3.45. The van der Waals surface area contributed by atoms with Crippen LogP contribution < -0.4 is 10.0 Å². The molecule has 0 aromatic heterocycles. The van der Waals surface area contributed by atoms with Gasteiger partial charge in [0.05, 0.1) is 5.75 Å². The lowest BCUT2D eigenvalue weighted by atomic mass is 10.00. The maximum atomic E-state index is 13.3. The van der Waals surface area contributed by atoms with Crippen LogP contribution in [0.2, 0.25) is 0 Å². The van der Waals surface area contributed by atoms with Crippen molar-refractivity contribution in [2.45, 2.75) is 45.5 Å². The lowest BCUT2D eigenvalue weighted by molar-refractivity contribution is -0.124. The highest BCUT2D eigenvalue weighted by Crippen LogP contribution is 2.14. The molecule has 2 N–H and O–H groups in total. The quantitative estimate of drug-likeness (QED) is 0.672. The number of benzene rings is 2. The van der Waals surface area contributed by atoms with Crippen LogP contribution in [-0.4, -0.2) is 20.4 Å². The fourth-order valence-electron chi connectivity index (χ4n) is 2.94. The van der Waals surface area contributed by atoms with Gasteiger partial charge < -0.3 is 5.32 Å². The van der Waals surface area contributed by atoms with Gasteiger partial charge in [0.2, 0.25) is 15.9 Å². The lowest BCUT2D eigenvalue weighted by Crippen LogP contribution is -2.32. The van der Waals surface area contributed by atoms with E-state index in [-0.39, 0.29) is 36.0 Å². The van der Waals surface area contributed by atoms with Crippen LogP contribution in [0.4, 0.5) is 4.39 Å². The van der Waals surface area contributed by atoms with Crippen molar-refractivity contribution in [3.8, 4) is 0 Å². The van der Waals surface area contributed by atoms with E-state index in [2.05, 4.69) is 10.0 Å². The Morgan fingerprint density at radius 1 is 1.04 bits per heavy atom. The third-order valence-corrected chi connectivity index (χ3v) is 5.73. The van der Waals surface area contributed by atoms with Gasteiger partial charge in [-0.1, -0.05) is 43.3 Å². The van der Waals surface area contributed by atoms with Gasteiger partial charge in [0.1, 0.15) is 5.82 Å². The summed E-state index contributed by atoms with van der Waals surface area (Å²) in [6.07, 6.45) is 0.428. The Morgan fingerprint density at radius 2 is 1.71 bits per heavy atom. The fourth-order valence-corrected chi connectivity index (χ4v) is 4.44. The summed E-state index contributed by atoms with van der Waals surface area (Å²) in [7, 11) is -3.45. The molecule has 152 valence electrons. The molecule has 0 aliphatic heterocycles. The first-order valence-electron chi connectivity index (χ1n) is 9.25. The van der Waals surface area contributed by atoms with Crippen molar-refractivity contribution in [1.82, 2.24) is 10.0 Å². The summed E-state index contributed by atoms with van der Waals surface area (Å²) in [5, 5.41) is 2.85. The van der Waals surface area contributed by atoms with E-state index in [1.165, 1.54) is 12.1 Å². The van der Waals surface area contributed by atoms with Gasteiger partial charge in [-0.3, -0.25) is 4.79 Å². The van der Waals surface area contributed by atoms with Gasteiger partial charge in [0.15, 0.2) is 0 Å². The second-order valence-electron chi connectivity index (χ2n) is 7.25. The first-order chi connectivity index (χ1) is 13.2. The van der Waals surface area contributed by atoms with Crippen molar-refractivity contribution in [1.29, 1.82) is 0 Å². The van der Waals surface area contributed by atoms with Crippen LogP contribution in [0.15, 0.2) is 48.5 Å². The molecular formula is C21H27FN2O3S. The highest BCUT2D eigenvalue weighted by Gasteiger charge is 2.17. The zero-order chi connectivity index (χ0) is 20.7. The van der Waals surface area contributed by atoms with Crippen molar-refractivity contribution in [3.05, 3.63) is 71.0 Å². The third kappa shape index (κ3) is 7.05. The number of amides is 1. The van der Waals surface area contributed by atoms with Crippen LogP contribution in [0.3, 0.4) is 0 Å². The topological polar surface area (TPSA) is 75.3 Å². The smallest absolute Gasteiger partial charge is 0.223 e. The highest BCUT2D eigenvalue weighted by molar-refractivity contribution is 7.88. The molecule has 0 saturated carbocycles. The normalized spacial score (nSPS) is 12.8. The number of rotatable bonds is 9. The van der Waals surface area contributed by atoms with E-state index < -0.39 is 10.0 Å². The summed E-state index contributed by atoms with van der Waals surface area (Å²) in [5.41, 5.74) is 2.16. The van der Waals surface area contributed by atoms with Gasteiger partial charge in [-0.15, -0.1) is 0 Å². The van der Waals surface area contributed by atoms with E-state index >= 15 is 0 Å². The van der Waals surface area contributed by atoms with E-state index in [0.29, 0.717) is 12.0 Å². The van der Waals surface area contributed by atoms with Crippen LogP contribution in [0.1, 0.15) is 37.5 Å². The molecule has 0 aliphatic rings. The van der Waals surface area contributed by atoms with Gasteiger partial charge in [0, 0.05) is 18.5 Å². The Hall–Kier alpha value is -2.25. The molecule has 0 aliphatic carbocycles. The van der Waals surface area contributed by atoms with Gasteiger partial charge in [-0.2, -0.15) is 0 Å². The average Bonchev–Trinajstić information content (AvgIpc) is 2.59. The molecule has 2 rings (SSSR count). The predicted octanol–water partition coefficient (Wildman–Crippen LogP) is 3.15. The Kier molecular flexibility index (Phi) is 7.71. The number of nitrogens with one attached hydrogen (secondary N) is 2. The maximum Gasteiger partial charge on any atom is 0.223 e. The van der Waals surface area contributed by atoms with Crippen LogP contribution in [-0.2, 0) is 33.5 Å². The van der Waals surface area contributed by atoms with Crippen molar-refractivity contribution >= 4 is 15.9 Å². The zero-order valence-electron chi connectivity index (χ0n) is 16.4. The molecule has 0 radical (unpaired) electrons. The van der Waals surface area contributed by atoms with Gasteiger partial charge >= 0.3 is 0 Å². The van der Waals surface area contributed by atoms with Crippen molar-refractivity contribution < 1.29 is 17.6 Å². The largest absolute Gasteiger partial charge is 0.352 e. The fraction of sp³-hybridized carbons (Fsp3) is 0.381. The number of hydrogen-bond donors (Lipinski definition) is 2. The summed E-state index contributed by atoms with van der Waals surface area (Å²) in [4.78, 5) is 12.4. The molecule has 0 heterocycles. The van der Waals surface area contributed by atoms with Gasteiger partial charge in [-0.25, -0.2) is 17.5 Å². The molecular weight excluding hydrogens is 379 g/mol. The second-order valence-corrected chi connectivity index (χ2v) is 9.01. The number of sulfonamides is 1. The summed E-state index contributed by atoms with van der Waals surface area (Å²) in [6, 6.07) is 13.2. The third-order valence-electron chi connectivity index (χ3n) is 4.21. The number of carbonyl (C=O) groups excluding carboxylic acids is 1. The Bertz CT molecular complexity index is 913. The molecule has 0 saturated heterocycles. The SMILES string of the molecule is CC(C)NS(=O)(=O)Cc1ccccc1CNC(=O)C(C)Cc1cccc(F)c1. The number of carbonyl (C=O) groups is 1. The van der Waals surface area contributed by atoms with Crippen LogP contribution in [0, 0.1) is 11.7 Å². The van der Waals surface area contributed by atoms with Gasteiger partial charge in [0.25, 0.3) is 0 Å². The first kappa shape index (κ1) is 22.0. The minimum absolute atomic E-state index is 0.143. The summed E-state index contributed by atoms with van der Waals surface area (Å²) in [6.45, 7) is 5.55. The molecule has 7 heteroatoms. The Balaban J connectivity index is 1.99. The average molecular weight is 407 g/mol. The molecule has 1 atom stereocenters. The molecule has 1 amide bonds. The standard InChI is InChI=1S/C21H27FN2O3S/c1-15(2)24-28(26,27)14-19-9-5-4-8-18(19)13-23-21(25)16(3)11-17-7-6-10-20(22)12-17/h4-10,12,15-16,24H,11,13-14H2,1-3H3,(H,23,25). The van der Waals surface area contributed by atoms with Crippen LogP contribution in [0.5, 0.6) is 0 Å².